The lowest BCUT2D eigenvalue weighted by molar-refractivity contribution is 0.213. The third-order valence-electron chi connectivity index (χ3n) is 8.74. The fourth-order valence-electron chi connectivity index (χ4n) is 5.52. The highest BCUT2D eigenvalue weighted by molar-refractivity contribution is 5.34. The number of piperidine rings is 1. The van der Waals surface area contributed by atoms with Crippen molar-refractivity contribution in [1.29, 1.82) is 0 Å². The monoisotopic (exact) mass is 483 g/mol. The maximum absolute atomic E-state index is 4.71. The van der Waals surface area contributed by atoms with Crippen LogP contribution in [0.5, 0.6) is 0 Å². The Morgan fingerprint density at radius 1 is 1.00 bits per heavy atom. The minimum atomic E-state index is 0.0662. The molecule has 1 saturated heterocycles. The summed E-state index contributed by atoms with van der Waals surface area (Å²) in [4.78, 5) is 2.53. The Bertz CT molecular complexity index is 1090. The molecule has 1 heterocycles. The van der Waals surface area contributed by atoms with Gasteiger partial charge in [0.05, 0.1) is 0 Å². The Morgan fingerprint density at radius 3 is 2.42 bits per heavy atom. The smallest absolute Gasteiger partial charge is 0.0499 e. The van der Waals surface area contributed by atoms with Gasteiger partial charge in [-0.2, -0.15) is 0 Å². The van der Waals surface area contributed by atoms with Crippen molar-refractivity contribution in [3.05, 3.63) is 107 Å². The minimum absolute atomic E-state index is 0.0662. The molecule has 0 radical (unpaired) electrons. The van der Waals surface area contributed by atoms with Crippen LogP contribution in [0.4, 0.5) is 0 Å². The molecule has 0 saturated carbocycles. The van der Waals surface area contributed by atoms with E-state index in [-0.39, 0.29) is 5.41 Å². The van der Waals surface area contributed by atoms with Crippen molar-refractivity contribution in [3.63, 3.8) is 0 Å². The van der Waals surface area contributed by atoms with Crippen molar-refractivity contribution in [3.8, 4) is 0 Å². The summed E-state index contributed by atoms with van der Waals surface area (Å²) in [5.74, 6) is 0.464. The van der Waals surface area contributed by atoms with Gasteiger partial charge in [0.1, 0.15) is 0 Å². The molecule has 194 valence electrons. The van der Waals surface area contributed by atoms with Crippen molar-refractivity contribution >= 4 is 0 Å². The summed E-state index contributed by atoms with van der Waals surface area (Å²) in [6, 6.07) is 16.4. The Labute approximate surface area is 222 Å². The summed E-state index contributed by atoms with van der Waals surface area (Å²) < 4.78 is 0. The van der Waals surface area contributed by atoms with Crippen LogP contribution in [0, 0.1) is 26.2 Å². The summed E-state index contributed by atoms with van der Waals surface area (Å²) in [7, 11) is 0. The highest BCUT2D eigenvalue weighted by Gasteiger charge is 2.31. The molecule has 0 aromatic heterocycles. The first kappa shape index (κ1) is 28.0. The average Bonchev–Trinajstić information content (AvgIpc) is 2.87. The molecule has 2 aromatic carbocycles. The number of aryl methyl sites for hydroxylation is 4. The topological polar surface area (TPSA) is 3.24 Å². The number of benzene rings is 2. The average molecular weight is 484 g/mol. The highest BCUT2D eigenvalue weighted by Crippen LogP contribution is 2.39. The molecule has 0 bridgehead atoms. The van der Waals surface area contributed by atoms with E-state index < -0.39 is 0 Å². The van der Waals surface area contributed by atoms with Gasteiger partial charge in [-0.25, -0.2) is 0 Å². The van der Waals surface area contributed by atoms with Gasteiger partial charge >= 0.3 is 0 Å². The van der Waals surface area contributed by atoms with E-state index in [0.717, 1.165) is 44.3 Å². The van der Waals surface area contributed by atoms with Crippen LogP contribution >= 0.6 is 0 Å². The largest absolute Gasteiger partial charge is 0.365 e. The zero-order chi connectivity index (χ0) is 26.5. The van der Waals surface area contributed by atoms with Crippen molar-refractivity contribution in [2.75, 3.05) is 6.54 Å². The summed E-state index contributed by atoms with van der Waals surface area (Å²) in [5.41, 5.74) is 10.7. The van der Waals surface area contributed by atoms with Crippen LogP contribution in [0.1, 0.15) is 93.0 Å². The molecule has 1 aliphatic heterocycles. The summed E-state index contributed by atoms with van der Waals surface area (Å²) in [5, 5.41) is 0. The molecule has 36 heavy (non-hydrogen) atoms. The van der Waals surface area contributed by atoms with Gasteiger partial charge in [-0.05, 0) is 105 Å². The molecule has 1 heteroatoms. The van der Waals surface area contributed by atoms with Crippen molar-refractivity contribution in [2.45, 2.75) is 98.4 Å². The molecule has 0 spiro atoms. The fraction of sp³-hybridized carbons (Fsp3) is 0.486. The Kier molecular flexibility index (Phi) is 9.45. The predicted octanol–water partition coefficient (Wildman–Crippen LogP) is 9.64. The quantitative estimate of drug-likeness (QED) is 0.227. The summed E-state index contributed by atoms with van der Waals surface area (Å²) >= 11 is 0. The molecule has 0 amide bonds. The minimum Gasteiger partial charge on any atom is -0.365 e. The van der Waals surface area contributed by atoms with Gasteiger partial charge in [0, 0.05) is 18.3 Å². The van der Waals surface area contributed by atoms with Gasteiger partial charge in [0.15, 0.2) is 0 Å². The van der Waals surface area contributed by atoms with Gasteiger partial charge < -0.3 is 4.90 Å². The second-order valence-corrected chi connectivity index (χ2v) is 11.8. The van der Waals surface area contributed by atoms with Gasteiger partial charge in [-0.15, -0.1) is 0 Å². The number of likely N-dealkylation sites (tertiary alicyclic amines) is 1. The Morgan fingerprint density at radius 2 is 1.75 bits per heavy atom. The van der Waals surface area contributed by atoms with Gasteiger partial charge in [-0.3, -0.25) is 0 Å². The predicted molar refractivity (Wildman–Crippen MR) is 159 cm³/mol. The second kappa shape index (κ2) is 12.1. The zero-order valence-electron chi connectivity index (χ0n) is 23.9. The number of rotatable bonds is 11. The summed E-state index contributed by atoms with van der Waals surface area (Å²) in [6.07, 6.45) is 7.95. The second-order valence-electron chi connectivity index (χ2n) is 11.8. The van der Waals surface area contributed by atoms with Crippen LogP contribution in [0.25, 0.3) is 0 Å². The molecule has 3 rings (SSSR count). The van der Waals surface area contributed by atoms with E-state index in [1.54, 1.807) is 0 Å². The zero-order valence-corrected chi connectivity index (χ0v) is 23.9. The Hall–Kier alpha value is -2.54. The number of allylic oxidation sites excluding steroid dienone is 1. The molecule has 2 atom stereocenters. The maximum atomic E-state index is 4.71. The highest BCUT2D eigenvalue weighted by atomic mass is 15.2. The van der Waals surface area contributed by atoms with Crippen molar-refractivity contribution in [2.24, 2.45) is 5.41 Å². The normalized spacial score (nSPS) is 17.1. The first-order valence-electron chi connectivity index (χ1n) is 14.0. The lowest BCUT2D eigenvalue weighted by Crippen LogP contribution is -2.41. The van der Waals surface area contributed by atoms with Crippen LogP contribution in [-0.2, 0) is 6.42 Å². The molecule has 2 aromatic rings. The first-order valence-corrected chi connectivity index (χ1v) is 14.0. The van der Waals surface area contributed by atoms with Crippen LogP contribution in [0.3, 0.4) is 0 Å². The van der Waals surface area contributed by atoms with E-state index in [2.05, 4.69) is 102 Å². The molecule has 0 aliphatic carbocycles. The maximum Gasteiger partial charge on any atom is 0.0499 e. The van der Waals surface area contributed by atoms with Crippen LogP contribution in [0.15, 0.2) is 79.0 Å². The van der Waals surface area contributed by atoms with Crippen molar-refractivity contribution in [1.82, 2.24) is 4.90 Å². The van der Waals surface area contributed by atoms with Crippen LogP contribution in [0.2, 0.25) is 0 Å². The molecule has 1 fully saturated rings. The number of nitrogens with zero attached hydrogens (tertiary/aromatic N) is 1. The standard InChI is InChI=1S/C35H49N/c1-10-35(8,9)29(6)30(7)36-21-12-11-16-34(36)28(5)24-33(32-15-13-14-25(2)22-32)20-19-31-18-17-26(3)27(4)23-31/h13-15,17-18,22-23,33-34H,5-7,10-12,16,19-21,24H2,1-4,8-9H3. The van der Waals surface area contributed by atoms with Crippen LogP contribution in [-0.4, -0.2) is 17.5 Å². The molecular formula is C35H49N. The molecule has 2 unspecified atom stereocenters. The molecule has 0 N–H and O–H groups in total. The van der Waals surface area contributed by atoms with Gasteiger partial charge in [-0.1, -0.05) is 94.1 Å². The fourth-order valence-corrected chi connectivity index (χ4v) is 5.52. The lowest BCUT2D eigenvalue weighted by atomic mass is 9.79. The molecule has 1 aliphatic rings. The SMILES string of the molecule is C=C(CC(CCc1ccc(C)c(C)c1)c1cccc(C)c1)C1CCCCN1C(=C)C(=C)C(C)(C)CC. The Balaban J connectivity index is 1.81. The molecular weight excluding hydrogens is 434 g/mol. The first-order chi connectivity index (χ1) is 17.0. The third kappa shape index (κ3) is 6.81. The van der Waals surface area contributed by atoms with Crippen molar-refractivity contribution < 1.29 is 0 Å². The molecule has 1 nitrogen and oxygen atoms in total. The summed E-state index contributed by atoms with van der Waals surface area (Å²) in [6.45, 7) is 28.2. The van der Waals surface area contributed by atoms with Gasteiger partial charge in [0.25, 0.3) is 0 Å². The third-order valence-corrected chi connectivity index (χ3v) is 8.74. The number of hydrogen-bond donors (Lipinski definition) is 0. The van der Waals surface area contributed by atoms with E-state index in [4.69, 9.17) is 6.58 Å². The van der Waals surface area contributed by atoms with E-state index >= 15 is 0 Å². The van der Waals surface area contributed by atoms with E-state index in [1.807, 2.05) is 0 Å². The lowest BCUT2D eigenvalue weighted by Gasteiger charge is -2.43. The number of hydrogen-bond acceptors (Lipinski definition) is 1. The van der Waals surface area contributed by atoms with E-state index in [9.17, 15) is 0 Å². The van der Waals surface area contributed by atoms with E-state index in [0.29, 0.717) is 12.0 Å². The van der Waals surface area contributed by atoms with E-state index in [1.165, 1.54) is 51.8 Å². The van der Waals surface area contributed by atoms with Gasteiger partial charge in [0.2, 0.25) is 0 Å². The van der Waals surface area contributed by atoms with Crippen LogP contribution < -0.4 is 0 Å².